The molecule has 2 heterocycles. The Hall–Kier alpha value is -3.74. The first-order valence-electron chi connectivity index (χ1n) is 11.5. The number of hydrogen-bond acceptors (Lipinski definition) is 4. The average molecular weight is 462 g/mol. The number of benzene rings is 2. The molecule has 1 aliphatic heterocycles. The molecule has 0 bridgehead atoms. The van der Waals surface area contributed by atoms with Crippen LogP contribution in [-0.2, 0) is 11.3 Å². The fourth-order valence-corrected chi connectivity index (χ4v) is 4.46. The van der Waals surface area contributed by atoms with Crippen LogP contribution in [0.15, 0.2) is 66.9 Å². The number of fused-ring (bicyclic) bond motifs is 1. The van der Waals surface area contributed by atoms with E-state index in [0.717, 1.165) is 17.8 Å². The van der Waals surface area contributed by atoms with Crippen LogP contribution in [0.5, 0.6) is 11.5 Å². The van der Waals surface area contributed by atoms with Crippen LogP contribution in [0.2, 0.25) is 0 Å². The van der Waals surface area contributed by atoms with Gasteiger partial charge >= 0.3 is 0 Å². The van der Waals surface area contributed by atoms with E-state index in [0.29, 0.717) is 23.6 Å². The lowest BCUT2D eigenvalue weighted by Gasteiger charge is -2.39. The largest absolute Gasteiger partial charge is 0.497 e. The van der Waals surface area contributed by atoms with Gasteiger partial charge in [-0.25, -0.2) is 0 Å². The minimum absolute atomic E-state index is 0.0138. The highest BCUT2D eigenvalue weighted by molar-refractivity contribution is 5.97. The first-order valence-corrected chi connectivity index (χ1v) is 11.5. The van der Waals surface area contributed by atoms with Gasteiger partial charge in [-0.05, 0) is 43.7 Å². The highest BCUT2D eigenvalue weighted by Gasteiger charge is 2.34. The number of carbonyl (C=O) groups excluding carboxylic acids is 2. The highest BCUT2D eigenvalue weighted by Crippen LogP contribution is 2.32. The number of rotatable bonds is 7. The van der Waals surface area contributed by atoms with E-state index in [1.807, 2.05) is 61.3 Å². The maximum atomic E-state index is 13.7. The molecule has 2 amide bonds. The van der Waals surface area contributed by atoms with Gasteiger partial charge in [0, 0.05) is 42.7 Å². The van der Waals surface area contributed by atoms with E-state index in [2.05, 4.69) is 10.6 Å². The second-order valence-corrected chi connectivity index (χ2v) is 8.65. The van der Waals surface area contributed by atoms with Crippen molar-refractivity contribution < 1.29 is 19.1 Å². The molecule has 0 aliphatic carbocycles. The fourth-order valence-electron chi connectivity index (χ4n) is 4.46. The van der Waals surface area contributed by atoms with Crippen molar-refractivity contribution in [3.8, 4) is 11.5 Å². The molecule has 3 aromatic rings. The van der Waals surface area contributed by atoms with Gasteiger partial charge in [-0.3, -0.25) is 9.59 Å². The monoisotopic (exact) mass is 461 g/mol. The molecule has 7 heteroatoms. The van der Waals surface area contributed by atoms with Crippen LogP contribution in [0.3, 0.4) is 0 Å². The molecule has 34 heavy (non-hydrogen) atoms. The van der Waals surface area contributed by atoms with E-state index in [-0.39, 0.29) is 30.4 Å². The summed E-state index contributed by atoms with van der Waals surface area (Å²) in [7, 11) is 3.09. The summed E-state index contributed by atoms with van der Waals surface area (Å²) in [5.74, 6) is 0.729. The quantitative estimate of drug-likeness (QED) is 0.534. The summed E-state index contributed by atoms with van der Waals surface area (Å²) in [5, 5.41) is 0. The molecule has 178 valence electrons. The van der Waals surface area contributed by atoms with Crippen LogP contribution in [0.1, 0.15) is 41.5 Å². The number of carbonyl (C=O) groups is 2. The molecule has 1 atom stereocenters. The number of methoxy groups -OCH3 is 2. The van der Waals surface area contributed by atoms with Gasteiger partial charge in [0.1, 0.15) is 18.0 Å². The molecule has 1 aromatic heterocycles. The zero-order valence-electron chi connectivity index (χ0n) is 20.1. The van der Waals surface area contributed by atoms with E-state index in [1.165, 1.54) is 0 Å². The van der Waals surface area contributed by atoms with E-state index in [9.17, 15) is 9.59 Å². The zero-order chi connectivity index (χ0) is 24.2. The Morgan fingerprint density at radius 1 is 0.971 bits per heavy atom. The third-order valence-corrected chi connectivity index (χ3v) is 6.26. The van der Waals surface area contributed by atoms with Crippen molar-refractivity contribution in [2.75, 3.05) is 27.3 Å². The smallest absolute Gasteiger partial charge is 0.254 e. The predicted molar refractivity (Wildman–Crippen MR) is 130 cm³/mol. The van der Waals surface area contributed by atoms with Gasteiger partial charge in [-0.15, -0.1) is 0 Å². The molecule has 1 aliphatic rings. The van der Waals surface area contributed by atoms with E-state index in [4.69, 9.17) is 9.47 Å². The number of ether oxygens (including phenoxy) is 2. The van der Waals surface area contributed by atoms with Crippen molar-refractivity contribution >= 4 is 11.8 Å². The molecule has 0 fully saturated rings. The first-order chi connectivity index (χ1) is 16.4. The molecule has 0 N–H and O–H groups in total. The van der Waals surface area contributed by atoms with Gasteiger partial charge in [-0.1, -0.05) is 30.3 Å². The summed E-state index contributed by atoms with van der Waals surface area (Å²) >= 11 is 0. The molecule has 7 nitrogen and oxygen atoms in total. The van der Waals surface area contributed by atoms with Gasteiger partial charge in [0.15, 0.2) is 0 Å². The molecular weight excluding hydrogens is 430 g/mol. The summed E-state index contributed by atoms with van der Waals surface area (Å²) in [4.78, 5) is 30.7. The normalized spacial score (nSPS) is 15.1. The second-order valence-electron chi connectivity index (χ2n) is 8.65. The standard InChI is InChI=1S/C27H31N3O4/c1-19(2)30(27(32)21-15-22(33-3)17-23(16-21)34-4)18-25(31)29-14-13-28-12-8-11-24(28)26(29)20-9-6-5-7-10-20/h5-12,15-17,19,26H,13-14,18H2,1-4H3. The van der Waals surface area contributed by atoms with Gasteiger partial charge in [0.2, 0.25) is 5.91 Å². The Bertz CT molecular complexity index is 1130. The molecule has 4 rings (SSSR count). The van der Waals surface area contributed by atoms with Crippen LogP contribution in [0.25, 0.3) is 0 Å². The molecule has 0 radical (unpaired) electrons. The topological polar surface area (TPSA) is 64.0 Å². The lowest BCUT2D eigenvalue weighted by molar-refractivity contribution is -0.135. The maximum absolute atomic E-state index is 13.7. The van der Waals surface area contributed by atoms with Crippen molar-refractivity contribution in [2.45, 2.75) is 32.5 Å². The SMILES string of the molecule is COc1cc(OC)cc(C(=O)N(CC(=O)N2CCn3cccc3C2c2ccccc2)C(C)C)c1. The molecule has 1 unspecified atom stereocenters. The average Bonchev–Trinajstić information content (AvgIpc) is 3.35. The van der Waals surface area contributed by atoms with Gasteiger partial charge in [0.05, 0.1) is 20.3 Å². The Morgan fingerprint density at radius 2 is 1.65 bits per heavy atom. The van der Waals surface area contributed by atoms with Crippen LogP contribution in [-0.4, -0.2) is 59.5 Å². The van der Waals surface area contributed by atoms with Crippen molar-refractivity contribution in [2.24, 2.45) is 0 Å². The molecule has 0 saturated carbocycles. The number of aromatic nitrogens is 1. The number of nitrogens with zero attached hydrogens (tertiary/aromatic N) is 3. The molecular formula is C27H31N3O4. The van der Waals surface area contributed by atoms with Gasteiger partial charge in [0.25, 0.3) is 5.91 Å². The Balaban J connectivity index is 1.62. The summed E-state index contributed by atoms with van der Waals surface area (Å²) < 4.78 is 12.8. The van der Waals surface area contributed by atoms with Crippen molar-refractivity contribution in [3.05, 3.63) is 83.7 Å². The molecule has 0 saturated heterocycles. The summed E-state index contributed by atoms with van der Waals surface area (Å²) in [6, 6.07) is 18.8. The zero-order valence-corrected chi connectivity index (χ0v) is 20.1. The van der Waals surface area contributed by atoms with Crippen molar-refractivity contribution in [1.29, 1.82) is 0 Å². The van der Waals surface area contributed by atoms with Gasteiger partial charge in [-0.2, -0.15) is 0 Å². The van der Waals surface area contributed by atoms with E-state index >= 15 is 0 Å². The maximum Gasteiger partial charge on any atom is 0.254 e. The van der Waals surface area contributed by atoms with Crippen LogP contribution < -0.4 is 9.47 Å². The van der Waals surface area contributed by atoms with Crippen molar-refractivity contribution in [3.63, 3.8) is 0 Å². The highest BCUT2D eigenvalue weighted by atomic mass is 16.5. The van der Waals surface area contributed by atoms with Crippen LogP contribution in [0.4, 0.5) is 0 Å². The second kappa shape index (κ2) is 10.0. The first kappa shape index (κ1) is 23.4. The molecule has 2 aromatic carbocycles. The molecule has 0 spiro atoms. The third kappa shape index (κ3) is 4.64. The van der Waals surface area contributed by atoms with E-state index < -0.39 is 0 Å². The lowest BCUT2D eigenvalue weighted by atomic mass is 9.99. The number of amides is 2. The minimum Gasteiger partial charge on any atom is -0.497 e. The van der Waals surface area contributed by atoms with Gasteiger partial charge < -0.3 is 23.8 Å². The van der Waals surface area contributed by atoms with Crippen LogP contribution in [0, 0.1) is 0 Å². The number of hydrogen-bond donors (Lipinski definition) is 0. The Labute approximate surface area is 200 Å². The summed E-state index contributed by atoms with van der Waals surface area (Å²) in [5.41, 5.74) is 2.55. The third-order valence-electron chi connectivity index (χ3n) is 6.26. The minimum atomic E-state index is -0.239. The summed E-state index contributed by atoms with van der Waals surface area (Å²) in [6.45, 7) is 5.12. The van der Waals surface area contributed by atoms with Crippen LogP contribution >= 0.6 is 0 Å². The summed E-state index contributed by atoms with van der Waals surface area (Å²) in [6.07, 6.45) is 2.05. The Kier molecular flexibility index (Phi) is 6.91. The van der Waals surface area contributed by atoms with Crippen molar-refractivity contribution in [1.82, 2.24) is 14.4 Å². The van der Waals surface area contributed by atoms with E-state index in [1.54, 1.807) is 37.3 Å². The fraction of sp³-hybridized carbons (Fsp3) is 0.333. The lowest BCUT2D eigenvalue weighted by Crippen LogP contribution is -2.49. The predicted octanol–water partition coefficient (Wildman–Crippen LogP) is 3.99. The Morgan fingerprint density at radius 3 is 2.26 bits per heavy atom.